The lowest BCUT2D eigenvalue weighted by Gasteiger charge is -2.17. The van der Waals surface area contributed by atoms with Crippen LogP contribution in [0.1, 0.15) is 25.8 Å². The van der Waals surface area contributed by atoms with E-state index in [0.717, 1.165) is 17.9 Å². The topological polar surface area (TPSA) is 54.3 Å². The second kappa shape index (κ2) is 8.89. The minimum Gasteiger partial charge on any atom is -0.493 e. The van der Waals surface area contributed by atoms with Gasteiger partial charge in [0, 0.05) is 30.8 Å². The van der Waals surface area contributed by atoms with Crippen LogP contribution in [0.4, 0.5) is 0 Å². The van der Waals surface area contributed by atoms with Crippen LogP contribution >= 0.6 is 11.6 Å². The molecule has 1 rings (SSSR count). The van der Waals surface area contributed by atoms with E-state index >= 15 is 0 Å². The number of benzene rings is 1. The highest BCUT2D eigenvalue weighted by Gasteiger charge is 2.16. The number of methoxy groups -OCH3 is 1. The van der Waals surface area contributed by atoms with Gasteiger partial charge in [0.1, 0.15) is 5.75 Å². The molecule has 1 aromatic rings. The van der Waals surface area contributed by atoms with Gasteiger partial charge in [0.2, 0.25) is 0 Å². The van der Waals surface area contributed by atoms with Gasteiger partial charge in [-0.25, -0.2) is 0 Å². The average Bonchev–Trinajstić information content (AvgIpc) is 2.45. The lowest BCUT2D eigenvalue weighted by molar-refractivity contribution is 0.199. The van der Waals surface area contributed by atoms with Gasteiger partial charge in [0.15, 0.2) is 0 Å². The minimum atomic E-state index is -0.372. The number of hydrogen-bond acceptors (Lipinski definition) is 4. The molecule has 4 nitrogen and oxygen atoms in total. The van der Waals surface area contributed by atoms with Gasteiger partial charge in [-0.2, -0.15) is 5.26 Å². The van der Waals surface area contributed by atoms with Crippen molar-refractivity contribution < 1.29 is 9.47 Å². The lowest BCUT2D eigenvalue weighted by atomic mass is 9.92. The number of hydrogen-bond donors (Lipinski definition) is 1. The third-order valence-electron chi connectivity index (χ3n) is 3.11. The van der Waals surface area contributed by atoms with Gasteiger partial charge in [-0.3, -0.25) is 0 Å². The predicted octanol–water partition coefficient (Wildman–Crippen LogP) is 3.39. The number of ether oxygens (including phenoxy) is 2. The Morgan fingerprint density at radius 1 is 1.33 bits per heavy atom. The normalized spacial score (nSPS) is 11.2. The van der Waals surface area contributed by atoms with Crippen molar-refractivity contribution in [1.82, 2.24) is 5.32 Å². The lowest BCUT2D eigenvalue weighted by Crippen LogP contribution is -2.19. The fourth-order valence-electron chi connectivity index (χ4n) is 1.70. The first kappa shape index (κ1) is 17.8. The van der Waals surface area contributed by atoms with Gasteiger partial charge in [0.25, 0.3) is 0 Å². The molecular formula is C16H23ClN2O2. The summed E-state index contributed by atoms with van der Waals surface area (Å²) < 4.78 is 10.8. The summed E-state index contributed by atoms with van der Waals surface area (Å²) in [5, 5.41) is 13.0. The molecule has 0 saturated carbocycles. The summed E-state index contributed by atoms with van der Waals surface area (Å²) in [4.78, 5) is 0. The van der Waals surface area contributed by atoms with E-state index in [4.69, 9.17) is 26.3 Å². The first-order valence-electron chi connectivity index (χ1n) is 7.00. The molecule has 0 aliphatic rings. The van der Waals surface area contributed by atoms with Gasteiger partial charge in [0.05, 0.1) is 24.7 Å². The molecule has 116 valence electrons. The second-order valence-electron chi connectivity index (χ2n) is 5.52. The van der Waals surface area contributed by atoms with Crippen LogP contribution in [0.25, 0.3) is 0 Å². The number of halogens is 1. The first-order chi connectivity index (χ1) is 9.98. The fraction of sp³-hybridized carbons (Fsp3) is 0.562. The average molecular weight is 311 g/mol. The van der Waals surface area contributed by atoms with Crippen LogP contribution in [-0.2, 0) is 11.3 Å². The second-order valence-corrected chi connectivity index (χ2v) is 5.95. The van der Waals surface area contributed by atoms with Gasteiger partial charge in [-0.1, -0.05) is 11.6 Å². The first-order valence-corrected chi connectivity index (χ1v) is 7.38. The van der Waals surface area contributed by atoms with E-state index in [1.807, 2.05) is 32.0 Å². The predicted molar refractivity (Wildman–Crippen MR) is 84.5 cm³/mol. The van der Waals surface area contributed by atoms with Crippen molar-refractivity contribution in [1.29, 1.82) is 5.26 Å². The summed E-state index contributed by atoms with van der Waals surface area (Å²) in [6.45, 7) is 6.42. The number of rotatable bonds is 9. The molecule has 5 heteroatoms. The van der Waals surface area contributed by atoms with Crippen molar-refractivity contribution in [3.8, 4) is 11.8 Å². The Morgan fingerprint density at radius 2 is 2.10 bits per heavy atom. The Labute approximate surface area is 132 Å². The van der Waals surface area contributed by atoms with Crippen LogP contribution in [0.3, 0.4) is 0 Å². The van der Waals surface area contributed by atoms with Crippen molar-refractivity contribution in [2.45, 2.75) is 26.8 Å². The Kier molecular flexibility index (Phi) is 7.52. The van der Waals surface area contributed by atoms with Gasteiger partial charge < -0.3 is 14.8 Å². The van der Waals surface area contributed by atoms with E-state index in [0.29, 0.717) is 31.2 Å². The quantitative estimate of drug-likeness (QED) is 0.710. The molecule has 0 spiro atoms. The van der Waals surface area contributed by atoms with Crippen LogP contribution in [0.2, 0.25) is 5.02 Å². The van der Waals surface area contributed by atoms with E-state index in [9.17, 15) is 0 Å². The molecule has 0 saturated heterocycles. The Morgan fingerprint density at radius 3 is 2.76 bits per heavy atom. The zero-order chi connectivity index (χ0) is 15.7. The van der Waals surface area contributed by atoms with Gasteiger partial charge in [-0.15, -0.1) is 0 Å². The summed E-state index contributed by atoms with van der Waals surface area (Å²) in [5.41, 5.74) is 0.636. The minimum absolute atomic E-state index is 0.372. The molecular weight excluding hydrogens is 288 g/mol. The molecule has 0 fully saturated rings. The highest BCUT2D eigenvalue weighted by Crippen LogP contribution is 2.25. The van der Waals surface area contributed by atoms with E-state index < -0.39 is 0 Å². The zero-order valence-corrected chi connectivity index (χ0v) is 13.7. The molecule has 0 aliphatic heterocycles. The monoisotopic (exact) mass is 310 g/mol. The third kappa shape index (κ3) is 6.81. The highest BCUT2D eigenvalue weighted by atomic mass is 35.5. The smallest absolute Gasteiger partial charge is 0.123 e. The number of nitrogens with zero attached hydrogens (tertiary/aromatic N) is 1. The molecule has 1 aromatic carbocycles. The van der Waals surface area contributed by atoms with E-state index in [-0.39, 0.29) is 5.41 Å². The van der Waals surface area contributed by atoms with Gasteiger partial charge >= 0.3 is 0 Å². The highest BCUT2D eigenvalue weighted by molar-refractivity contribution is 6.30. The van der Waals surface area contributed by atoms with E-state index in [2.05, 4.69) is 11.4 Å². The van der Waals surface area contributed by atoms with Crippen molar-refractivity contribution >= 4 is 11.6 Å². The molecule has 1 N–H and O–H groups in total. The maximum absolute atomic E-state index is 9.00. The summed E-state index contributed by atoms with van der Waals surface area (Å²) >= 11 is 6.03. The number of nitrogens with one attached hydrogen (secondary N) is 1. The van der Waals surface area contributed by atoms with Crippen LogP contribution in [0.5, 0.6) is 5.75 Å². The van der Waals surface area contributed by atoms with Crippen LogP contribution in [0, 0.1) is 16.7 Å². The fourth-order valence-corrected chi connectivity index (χ4v) is 1.89. The third-order valence-corrected chi connectivity index (χ3v) is 3.34. The van der Waals surface area contributed by atoms with Crippen molar-refractivity contribution in [3.05, 3.63) is 28.8 Å². The molecule has 0 amide bonds. The van der Waals surface area contributed by atoms with Crippen molar-refractivity contribution in [3.63, 3.8) is 0 Å². The molecule has 0 heterocycles. The largest absolute Gasteiger partial charge is 0.493 e. The summed E-state index contributed by atoms with van der Waals surface area (Å²) in [7, 11) is 1.67. The van der Waals surface area contributed by atoms with Crippen LogP contribution in [0.15, 0.2) is 18.2 Å². The van der Waals surface area contributed by atoms with E-state index in [1.54, 1.807) is 7.11 Å². The zero-order valence-electron chi connectivity index (χ0n) is 12.9. The molecule has 21 heavy (non-hydrogen) atoms. The van der Waals surface area contributed by atoms with Crippen LogP contribution in [-0.4, -0.2) is 26.9 Å². The summed E-state index contributed by atoms with van der Waals surface area (Å²) in [6, 6.07) is 7.85. The Hall–Kier alpha value is -1.28. The Balaban J connectivity index is 2.58. The Bertz CT molecular complexity index is 484. The summed E-state index contributed by atoms with van der Waals surface area (Å²) in [5.74, 6) is 0.804. The molecule has 0 atom stereocenters. The van der Waals surface area contributed by atoms with Crippen molar-refractivity contribution in [2.24, 2.45) is 5.41 Å². The standard InChI is InChI=1S/C16H23ClN2O2/c1-16(2,12-18)6-8-21-15-5-4-14(17)10-13(15)11-19-7-9-20-3/h4-5,10,19H,6-9,11H2,1-3H3. The maximum atomic E-state index is 9.00. The van der Waals surface area contributed by atoms with Crippen molar-refractivity contribution in [2.75, 3.05) is 26.9 Å². The molecule has 0 aromatic heterocycles. The van der Waals surface area contributed by atoms with E-state index in [1.165, 1.54) is 0 Å². The molecule has 0 unspecified atom stereocenters. The SMILES string of the molecule is COCCNCc1cc(Cl)ccc1OCCC(C)(C)C#N. The molecule has 0 bridgehead atoms. The molecule has 0 radical (unpaired) electrons. The number of nitriles is 1. The maximum Gasteiger partial charge on any atom is 0.123 e. The molecule has 0 aliphatic carbocycles. The van der Waals surface area contributed by atoms with Gasteiger partial charge in [-0.05, 0) is 38.5 Å². The summed E-state index contributed by atoms with van der Waals surface area (Å²) in [6.07, 6.45) is 0.683. The van der Waals surface area contributed by atoms with Crippen LogP contribution < -0.4 is 10.1 Å².